The average molecular weight is 297 g/mol. The highest BCUT2D eigenvalue weighted by Gasteiger charge is 2.17. The zero-order chi connectivity index (χ0) is 12.3. The van der Waals surface area contributed by atoms with Gasteiger partial charge in [0.1, 0.15) is 11.6 Å². The molecule has 0 heterocycles. The molecule has 0 aliphatic heterocycles. The minimum absolute atomic E-state index is 0.0757. The molecule has 0 atom stereocenters. The Balaban J connectivity index is 1.89. The van der Waals surface area contributed by atoms with E-state index in [-0.39, 0.29) is 5.84 Å². The molecule has 1 aliphatic rings. The van der Waals surface area contributed by atoms with Gasteiger partial charge < -0.3 is 10.5 Å². The lowest BCUT2D eigenvalue weighted by Crippen LogP contribution is -2.14. The maximum atomic E-state index is 7.35. The number of ether oxygens (including phenoxy) is 1. The van der Waals surface area contributed by atoms with Crippen LogP contribution in [-0.2, 0) is 0 Å². The molecule has 1 aliphatic carbocycles. The average Bonchev–Trinajstić information content (AvgIpc) is 2.23. The number of amidine groups is 1. The van der Waals surface area contributed by atoms with Gasteiger partial charge >= 0.3 is 0 Å². The highest BCUT2D eigenvalue weighted by molar-refractivity contribution is 9.10. The van der Waals surface area contributed by atoms with Crippen molar-refractivity contribution in [3.8, 4) is 5.75 Å². The number of nitrogens with one attached hydrogen (secondary N) is 1. The molecule has 2 rings (SSSR count). The first-order valence-corrected chi connectivity index (χ1v) is 6.73. The van der Waals surface area contributed by atoms with Crippen LogP contribution in [-0.4, -0.2) is 12.4 Å². The van der Waals surface area contributed by atoms with Gasteiger partial charge in [0, 0.05) is 5.56 Å². The van der Waals surface area contributed by atoms with Crippen LogP contribution in [0.25, 0.3) is 0 Å². The summed E-state index contributed by atoms with van der Waals surface area (Å²) in [5.41, 5.74) is 6.13. The Morgan fingerprint density at radius 1 is 1.47 bits per heavy atom. The maximum absolute atomic E-state index is 7.35. The highest BCUT2D eigenvalue weighted by atomic mass is 79.9. The lowest BCUT2D eigenvalue weighted by Gasteiger charge is -2.25. The van der Waals surface area contributed by atoms with E-state index in [2.05, 4.69) is 15.9 Å². The molecule has 4 heteroatoms. The molecular formula is C13H17BrN2O. The molecule has 3 N–H and O–H groups in total. The van der Waals surface area contributed by atoms with Crippen molar-refractivity contribution in [3.63, 3.8) is 0 Å². The van der Waals surface area contributed by atoms with Gasteiger partial charge in [-0.3, -0.25) is 5.41 Å². The Bertz CT molecular complexity index is 416. The zero-order valence-corrected chi connectivity index (χ0v) is 11.3. The van der Waals surface area contributed by atoms with E-state index in [1.165, 1.54) is 19.3 Å². The van der Waals surface area contributed by atoms with E-state index in [9.17, 15) is 0 Å². The predicted molar refractivity (Wildman–Crippen MR) is 72.6 cm³/mol. The molecule has 0 aromatic heterocycles. The molecule has 0 radical (unpaired) electrons. The van der Waals surface area contributed by atoms with Crippen LogP contribution in [0.1, 0.15) is 31.2 Å². The van der Waals surface area contributed by atoms with Crippen LogP contribution in [0.5, 0.6) is 5.75 Å². The summed E-state index contributed by atoms with van der Waals surface area (Å²) in [5, 5.41) is 7.35. The molecule has 1 fully saturated rings. The summed E-state index contributed by atoms with van der Waals surface area (Å²) in [7, 11) is 0. The Morgan fingerprint density at radius 2 is 2.24 bits per heavy atom. The Morgan fingerprint density at radius 3 is 2.76 bits per heavy atom. The first kappa shape index (κ1) is 12.4. The molecule has 92 valence electrons. The van der Waals surface area contributed by atoms with Crippen LogP contribution in [0.2, 0.25) is 0 Å². The summed E-state index contributed by atoms with van der Waals surface area (Å²) in [6.07, 6.45) is 5.23. The van der Waals surface area contributed by atoms with Crippen molar-refractivity contribution in [3.05, 3.63) is 28.2 Å². The van der Waals surface area contributed by atoms with Crippen LogP contribution in [0.15, 0.2) is 22.7 Å². The summed E-state index contributed by atoms with van der Waals surface area (Å²) in [4.78, 5) is 0. The summed E-state index contributed by atoms with van der Waals surface area (Å²) in [6.45, 7) is 0.767. The fourth-order valence-corrected chi connectivity index (χ4v) is 2.40. The predicted octanol–water partition coefficient (Wildman–Crippen LogP) is 3.30. The second-order valence-corrected chi connectivity index (χ2v) is 5.35. The van der Waals surface area contributed by atoms with Gasteiger partial charge in [0.05, 0.1) is 11.1 Å². The topological polar surface area (TPSA) is 59.1 Å². The van der Waals surface area contributed by atoms with E-state index in [1.807, 2.05) is 18.2 Å². The smallest absolute Gasteiger partial charge is 0.133 e. The van der Waals surface area contributed by atoms with Crippen molar-refractivity contribution in [2.45, 2.75) is 25.7 Å². The van der Waals surface area contributed by atoms with E-state index in [0.29, 0.717) is 5.56 Å². The number of hydrogen-bond acceptors (Lipinski definition) is 2. The van der Waals surface area contributed by atoms with Gasteiger partial charge in [0.15, 0.2) is 0 Å². The quantitative estimate of drug-likeness (QED) is 0.647. The SMILES string of the molecule is N=C(N)c1ccc(OCCC2CCC2)c(Br)c1. The van der Waals surface area contributed by atoms with Crippen molar-refractivity contribution in [1.29, 1.82) is 5.41 Å². The third-order valence-electron chi connectivity index (χ3n) is 3.25. The van der Waals surface area contributed by atoms with Gasteiger partial charge in [-0.25, -0.2) is 0 Å². The van der Waals surface area contributed by atoms with Crippen molar-refractivity contribution in [1.82, 2.24) is 0 Å². The summed E-state index contributed by atoms with van der Waals surface area (Å²) in [5.74, 6) is 1.77. The van der Waals surface area contributed by atoms with Crippen molar-refractivity contribution in [2.75, 3.05) is 6.61 Å². The van der Waals surface area contributed by atoms with E-state index >= 15 is 0 Å². The van der Waals surface area contributed by atoms with E-state index in [1.54, 1.807) is 0 Å². The third-order valence-corrected chi connectivity index (χ3v) is 3.87. The Labute approximate surface area is 110 Å². The van der Waals surface area contributed by atoms with Crippen molar-refractivity contribution in [2.24, 2.45) is 11.7 Å². The van der Waals surface area contributed by atoms with Gasteiger partial charge in [-0.15, -0.1) is 0 Å². The van der Waals surface area contributed by atoms with Gasteiger partial charge in [0.25, 0.3) is 0 Å². The molecule has 0 unspecified atom stereocenters. The third kappa shape index (κ3) is 3.22. The first-order valence-electron chi connectivity index (χ1n) is 5.93. The molecule has 0 saturated heterocycles. The van der Waals surface area contributed by atoms with Gasteiger partial charge in [-0.1, -0.05) is 19.3 Å². The Hall–Kier alpha value is -1.03. The summed E-state index contributed by atoms with van der Waals surface area (Å²) >= 11 is 3.44. The minimum Gasteiger partial charge on any atom is -0.492 e. The van der Waals surface area contributed by atoms with Gasteiger partial charge in [-0.05, 0) is 46.5 Å². The van der Waals surface area contributed by atoms with Gasteiger partial charge in [0.2, 0.25) is 0 Å². The summed E-state index contributed by atoms with van der Waals surface area (Å²) < 4.78 is 6.58. The van der Waals surface area contributed by atoms with E-state index in [0.717, 1.165) is 29.2 Å². The first-order chi connectivity index (χ1) is 8.16. The second kappa shape index (κ2) is 5.54. The monoisotopic (exact) mass is 296 g/mol. The van der Waals surface area contributed by atoms with Crippen molar-refractivity contribution >= 4 is 21.8 Å². The summed E-state index contributed by atoms with van der Waals surface area (Å²) in [6, 6.07) is 5.49. The fourth-order valence-electron chi connectivity index (χ4n) is 1.90. The second-order valence-electron chi connectivity index (χ2n) is 4.49. The van der Waals surface area contributed by atoms with Crippen LogP contribution in [0.3, 0.4) is 0 Å². The zero-order valence-electron chi connectivity index (χ0n) is 9.71. The lowest BCUT2D eigenvalue weighted by atomic mass is 9.83. The van der Waals surface area contributed by atoms with E-state index in [4.69, 9.17) is 15.9 Å². The fraction of sp³-hybridized carbons (Fsp3) is 0.462. The number of benzene rings is 1. The van der Waals surface area contributed by atoms with Crippen LogP contribution < -0.4 is 10.5 Å². The van der Waals surface area contributed by atoms with Crippen molar-refractivity contribution < 1.29 is 4.74 Å². The van der Waals surface area contributed by atoms with Gasteiger partial charge in [-0.2, -0.15) is 0 Å². The Kier molecular flexibility index (Phi) is 4.05. The number of hydrogen-bond donors (Lipinski definition) is 2. The standard InChI is InChI=1S/C13H17BrN2O/c14-11-8-10(13(15)16)4-5-12(11)17-7-6-9-2-1-3-9/h4-5,8-9H,1-3,6-7H2,(H3,15,16). The van der Waals surface area contributed by atoms with Crippen LogP contribution in [0.4, 0.5) is 0 Å². The molecule has 1 saturated carbocycles. The molecule has 0 bridgehead atoms. The molecule has 1 aromatic carbocycles. The molecule has 0 spiro atoms. The molecular weight excluding hydrogens is 280 g/mol. The molecule has 1 aromatic rings. The van der Waals surface area contributed by atoms with Crippen LogP contribution in [0, 0.1) is 11.3 Å². The normalized spacial score (nSPS) is 15.4. The number of halogens is 1. The minimum atomic E-state index is 0.0757. The van der Waals surface area contributed by atoms with Crippen LogP contribution >= 0.6 is 15.9 Å². The maximum Gasteiger partial charge on any atom is 0.133 e. The highest BCUT2D eigenvalue weighted by Crippen LogP contribution is 2.30. The number of rotatable bonds is 5. The van der Waals surface area contributed by atoms with E-state index < -0.39 is 0 Å². The molecule has 0 amide bonds. The molecule has 17 heavy (non-hydrogen) atoms. The largest absolute Gasteiger partial charge is 0.492 e. The number of nitrogens with two attached hydrogens (primary N) is 1. The lowest BCUT2D eigenvalue weighted by molar-refractivity contribution is 0.221. The number of nitrogen functional groups attached to an aromatic ring is 1. The molecule has 3 nitrogen and oxygen atoms in total.